The molecule has 0 aliphatic carbocycles. The fourth-order valence-corrected chi connectivity index (χ4v) is 8.24. The van der Waals surface area contributed by atoms with Gasteiger partial charge in [0.05, 0.1) is 0 Å². The van der Waals surface area contributed by atoms with Crippen LogP contribution in [0.25, 0.3) is 0 Å². The van der Waals surface area contributed by atoms with Crippen molar-refractivity contribution >= 4 is 28.6 Å². The lowest BCUT2D eigenvalue weighted by atomic mass is 10.6. The Balaban J connectivity index is 3.67. The van der Waals surface area contributed by atoms with Crippen LogP contribution in [0, 0.1) is 0 Å². The summed E-state index contributed by atoms with van der Waals surface area (Å²) in [7, 11) is -3.25. The summed E-state index contributed by atoms with van der Waals surface area (Å²) >= 11 is 2.07. The van der Waals surface area contributed by atoms with E-state index in [2.05, 4.69) is 52.2 Å². The summed E-state index contributed by atoms with van der Waals surface area (Å²) in [5.41, 5.74) is 0. The van der Waals surface area contributed by atoms with Gasteiger partial charge in [0.25, 0.3) is 0 Å². The molecule has 0 radical (unpaired) electrons. The highest BCUT2D eigenvalue weighted by atomic mass is 32.2. The summed E-state index contributed by atoms with van der Waals surface area (Å²) < 4.78 is 17.6. The Labute approximate surface area is 138 Å². The third-order valence-electron chi connectivity index (χ3n) is 3.42. The second-order valence-corrected chi connectivity index (χ2v) is 14.9. The SMILES string of the molecule is CCO[Si](C)(C)CCCSCCC[Si](C)(OCC)OCC. The Morgan fingerprint density at radius 3 is 1.67 bits per heavy atom. The number of hydrogen-bond acceptors (Lipinski definition) is 4. The average molecular weight is 353 g/mol. The van der Waals surface area contributed by atoms with Gasteiger partial charge in [-0.1, -0.05) is 0 Å². The minimum Gasteiger partial charge on any atom is -0.418 e. The molecule has 0 spiro atoms. The summed E-state index contributed by atoms with van der Waals surface area (Å²) in [5, 5.41) is 0. The second kappa shape index (κ2) is 12.1. The van der Waals surface area contributed by atoms with Crippen molar-refractivity contribution in [2.24, 2.45) is 0 Å². The van der Waals surface area contributed by atoms with E-state index in [1.54, 1.807) is 0 Å². The molecular weight excluding hydrogens is 316 g/mol. The van der Waals surface area contributed by atoms with Gasteiger partial charge in [0.15, 0.2) is 8.32 Å². The zero-order chi connectivity index (χ0) is 16.2. The molecule has 0 saturated carbocycles. The van der Waals surface area contributed by atoms with Crippen LogP contribution in [0.2, 0.25) is 31.7 Å². The van der Waals surface area contributed by atoms with Crippen LogP contribution in [0.5, 0.6) is 0 Å². The maximum Gasteiger partial charge on any atom is 0.334 e. The molecule has 0 aliphatic rings. The van der Waals surface area contributed by atoms with Crippen molar-refractivity contribution in [2.45, 2.75) is 65.3 Å². The molecule has 0 N–H and O–H groups in total. The standard InChI is InChI=1S/C15H36O3SSi2/c1-7-16-20(4,5)14-10-12-19-13-11-15-21(6,17-8-2)18-9-3/h7-15H2,1-6H3. The molecule has 0 fully saturated rings. The Kier molecular flexibility index (Phi) is 12.5. The number of rotatable bonds is 14. The fourth-order valence-electron chi connectivity index (χ4n) is 2.46. The van der Waals surface area contributed by atoms with E-state index in [4.69, 9.17) is 13.3 Å². The highest BCUT2D eigenvalue weighted by molar-refractivity contribution is 7.99. The first-order chi connectivity index (χ1) is 9.89. The third kappa shape index (κ3) is 11.8. The monoisotopic (exact) mass is 352 g/mol. The molecule has 0 amide bonds. The molecule has 0 aromatic heterocycles. The van der Waals surface area contributed by atoms with Crippen LogP contribution in [-0.4, -0.2) is 48.2 Å². The number of thioether (sulfide) groups is 1. The lowest BCUT2D eigenvalue weighted by Crippen LogP contribution is -2.38. The van der Waals surface area contributed by atoms with E-state index in [-0.39, 0.29) is 0 Å². The smallest absolute Gasteiger partial charge is 0.334 e. The topological polar surface area (TPSA) is 27.7 Å². The van der Waals surface area contributed by atoms with Gasteiger partial charge in [-0.3, -0.25) is 0 Å². The molecule has 3 nitrogen and oxygen atoms in total. The molecule has 21 heavy (non-hydrogen) atoms. The van der Waals surface area contributed by atoms with Gasteiger partial charge in [0, 0.05) is 19.8 Å². The van der Waals surface area contributed by atoms with Crippen molar-refractivity contribution in [3.05, 3.63) is 0 Å². The van der Waals surface area contributed by atoms with Crippen LogP contribution in [0.1, 0.15) is 33.6 Å². The second-order valence-electron chi connectivity index (χ2n) is 6.01. The van der Waals surface area contributed by atoms with Crippen LogP contribution < -0.4 is 0 Å². The van der Waals surface area contributed by atoms with Crippen molar-refractivity contribution < 1.29 is 13.3 Å². The maximum absolute atomic E-state index is 5.87. The summed E-state index contributed by atoms with van der Waals surface area (Å²) in [4.78, 5) is 0. The van der Waals surface area contributed by atoms with E-state index in [9.17, 15) is 0 Å². The van der Waals surface area contributed by atoms with Gasteiger partial charge in [-0.2, -0.15) is 11.8 Å². The average Bonchev–Trinajstić information content (AvgIpc) is 2.38. The molecule has 0 unspecified atom stereocenters. The summed E-state index contributed by atoms with van der Waals surface area (Å²) in [6.07, 6.45) is 2.50. The Morgan fingerprint density at radius 1 is 0.714 bits per heavy atom. The van der Waals surface area contributed by atoms with Crippen molar-refractivity contribution in [3.63, 3.8) is 0 Å². The predicted molar refractivity (Wildman–Crippen MR) is 100 cm³/mol. The van der Waals surface area contributed by atoms with Gasteiger partial charge in [-0.25, -0.2) is 0 Å². The first kappa shape index (κ1) is 21.7. The van der Waals surface area contributed by atoms with Crippen molar-refractivity contribution in [2.75, 3.05) is 31.3 Å². The Hall–Kier alpha value is 0.664. The minimum atomic E-state index is -1.89. The highest BCUT2D eigenvalue weighted by Crippen LogP contribution is 2.20. The van der Waals surface area contributed by atoms with E-state index in [0.29, 0.717) is 0 Å². The summed E-state index contributed by atoms with van der Waals surface area (Å²) in [6.45, 7) is 15.5. The lowest BCUT2D eigenvalue weighted by Gasteiger charge is -2.25. The van der Waals surface area contributed by atoms with Gasteiger partial charge >= 0.3 is 8.56 Å². The lowest BCUT2D eigenvalue weighted by molar-refractivity contribution is 0.189. The molecule has 0 rings (SSSR count). The third-order valence-corrected chi connectivity index (χ3v) is 10.3. The van der Waals surface area contributed by atoms with Crippen LogP contribution in [0.15, 0.2) is 0 Å². The molecule has 0 heterocycles. The van der Waals surface area contributed by atoms with E-state index < -0.39 is 16.9 Å². The molecule has 0 aromatic carbocycles. The van der Waals surface area contributed by atoms with Gasteiger partial charge in [0.1, 0.15) is 0 Å². The molecule has 0 aromatic rings. The summed E-state index contributed by atoms with van der Waals surface area (Å²) in [5.74, 6) is 2.48. The zero-order valence-corrected chi connectivity index (χ0v) is 17.8. The first-order valence-electron chi connectivity index (χ1n) is 8.38. The first-order valence-corrected chi connectivity index (χ1v) is 15.2. The van der Waals surface area contributed by atoms with Crippen LogP contribution in [-0.2, 0) is 13.3 Å². The highest BCUT2D eigenvalue weighted by Gasteiger charge is 2.29. The minimum absolute atomic E-state index is 0.771. The normalized spacial score (nSPS) is 12.9. The largest absolute Gasteiger partial charge is 0.418 e. The van der Waals surface area contributed by atoms with Crippen LogP contribution in [0.3, 0.4) is 0 Å². The van der Waals surface area contributed by atoms with E-state index >= 15 is 0 Å². The number of hydrogen-bond donors (Lipinski definition) is 0. The molecule has 0 saturated heterocycles. The van der Waals surface area contributed by atoms with E-state index in [0.717, 1.165) is 25.9 Å². The molecule has 128 valence electrons. The van der Waals surface area contributed by atoms with Gasteiger partial charge < -0.3 is 13.3 Å². The van der Waals surface area contributed by atoms with Gasteiger partial charge in [-0.05, 0) is 76.8 Å². The predicted octanol–water partition coefficient (Wildman–Crippen LogP) is 4.89. The Morgan fingerprint density at radius 2 is 1.19 bits per heavy atom. The van der Waals surface area contributed by atoms with Crippen LogP contribution >= 0.6 is 11.8 Å². The molecule has 0 aliphatic heterocycles. The van der Waals surface area contributed by atoms with Gasteiger partial charge in [0.2, 0.25) is 0 Å². The van der Waals surface area contributed by atoms with Crippen molar-refractivity contribution in [3.8, 4) is 0 Å². The summed E-state index contributed by atoms with van der Waals surface area (Å²) in [6, 6.07) is 2.39. The van der Waals surface area contributed by atoms with Gasteiger partial charge in [-0.15, -0.1) is 0 Å². The van der Waals surface area contributed by atoms with E-state index in [1.165, 1.54) is 30.4 Å². The van der Waals surface area contributed by atoms with E-state index in [1.807, 2.05) is 0 Å². The van der Waals surface area contributed by atoms with Crippen molar-refractivity contribution in [1.82, 2.24) is 0 Å². The molecule has 6 heteroatoms. The van der Waals surface area contributed by atoms with Crippen molar-refractivity contribution in [1.29, 1.82) is 0 Å². The fraction of sp³-hybridized carbons (Fsp3) is 1.00. The molecular formula is C15H36O3SSi2. The zero-order valence-electron chi connectivity index (χ0n) is 15.0. The van der Waals surface area contributed by atoms with Crippen LogP contribution in [0.4, 0.5) is 0 Å². The molecule has 0 atom stereocenters. The maximum atomic E-state index is 5.87. The Bertz CT molecular complexity index is 247. The quantitative estimate of drug-likeness (QED) is 0.329. The molecule has 0 bridgehead atoms.